The Hall–Kier alpha value is -1.99. The number of carbonyl (C=O) groups excluding carboxylic acids is 1. The molecule has 5 nitrogen and oxygen atoms in total. The van der Waals surface area contributed by atoms with Crippen molar-refractivity contribution in [3.05, 3.63) is 18.3 Å². The van der Waals surface area contributed by atoms with Gasteiger partial charge in [-0.3, -0.25) is 0 Å². The zero-order valence-corrected chi connectivity index (χ0v) is 8.13. The molecule has 0 atom stereocenters. The number of ether oxygens (including phenoxy) is 1. The number of urea groups is 1. The van der Waals surface area contributed by atoms with Gasteiger partial charge in [0.1, 0.15) is 0 Å². The third-order valence-electron chi connectivity index (χ3n) is 1.46. The van der Waals surface area contributed by atoms with Crippen LogP contribution in [0.25, 0.3) is 0 Å². The Morgan fingerprint density at radius 3 is 2.56 bits per heavy atom. The fraction of sp³-hybridized carbons (Fsp3) is 0.250. The van der Waals surface area contributed by atoms with E-state index < -0.39 is 12.3 Å². The minimum atomic E-state index is -4.76. The second kappa shape index (κ2) is 4.69. The van der Waals surface area contributed by atoms with Crippen LogP contribution in [0.15, 0.2) is 18.3 Å². The Morgan fingerprint density at radius 1 is 1.44 bits per heavy atom. The minimum Gasteiger partial charge on any atom is -0.481 e. The summed E-state index contributed by atoms with van der Waals surface area (Å²) in [6.07, 6.45) is -3.58. The van der Waals surface area contributed by atoms with Crippen LogP contribution in [-0.4, -0.2) is 24.4 Å². The summed E-state index contributed by atoms with van der Waals surface area (Å²) in [4.78, 5) is 14.5. The third-order valence-corrected chi connectivity index (χ3v) is 1.46. The molecule has 16 heavy (non-hydrogen) atoms. The van der Waals surface area contributed by atoms with Gasteiger partial charge in [-0.15, -0.1) is 0 Å². The van der Waals surface area contributed by atoms with Crippen LogP contribution in [0.5, 0.6) is 5.88 Å². The van der Waals surface area contributed by atoms with Crippen molar-refractivity contribution in [1.82, 2.24) is 10.3 Å². The highest BCUT2D eigenvalue weighted by molar-refractivity contribution is 5.89. The predicted octanol–water partition coefficient (Wildman–Crippen LogP) is 1.73. The number of hydrogen-bond donors (Lipinski definition) is 2. The average molecular weight is 235 g/mol. The van der Waals surface area contributed by atoms with Crippen molar-refractivity contribution in [3.63, 3.8) is 0 Å². The molecule has 0 fully saturated rings. The van der Waals surface area contributed by atoms with Gasteiger partial charge in [-0.25, -0.2) is 15.1 Å². The number of hydrogen-bond acceptors (Lipinski definition) is 3. The van der Waals surface area contributed by atoms with Gasteiger partial charge in [0.2, 0.25) is 5.88 Å². The molecule has 1 heterocycles. The lowest BCUT2D eigenvalue weighted by Crippen LogP contribution is -2.40. The minimum absolute atomic E-state index is 0.127. The number of halogens is 3. The summed E-state index contributed by atoms with van der Waals surface area (Å²) in [5.74, 6) is 0.293. The van der Waals surface area contributed by atoms with Gasteiger partial charge in [0.15, 0.2) is 0 Å². The first-order valence-corrected chi connectivity index (χ1v) is 4.06. The van der Waals surface area contributed by atoms with E-state index in [-0.39, 0.29) is 5.69 Å². The van der Waals surface area contributed by atoms with Crippen LogP contribution in [0.3, 0.4) is 0 Å². The molecular formula is C8H8F3N3O2. The topological polar surface area (TPSA) is 63.2 Å². The van der Waals surface area contributed by atoms with Crippen molar-refractivity contribution < 1.29 is 22.7 Å². The summed E-state index contributed by atoms with van der Waals surface area (Å²) < 4.78 is 39.9. The number of anilines is 1. The Bertz CT molecular complexity index is 364. The zero-order valence-electron chi connectivity index (χ0n) is 8.13. The molecule has 1 aromatic rings. The van der Waals surface area contributed by atoms with Crippen LogP contribution >= 0.6 is 0 Å². The summed E-state index contributed by atoms with van der Waals surface area (Å²) in [7, 11) is 1.39. The molecule has 2 N–H and O–H groups in total. The fourth-order valence-corrected chi connectivity index (χ4v) is 0.866. The molecule has 0 aromatic carbocycles. The summed E-state index contributed by atoms with van der Waals surface area (Å²) in [5.41, 5.74) is 0.127. The average Bonchev–Trinajstić information content (AvgIpc) is 2.16. The molecule has 0 saturated carbocycles. The number of nitrogens with zero attached hydrogens (tertiary/aromatic N) is 1. The second-order valence-electron chi connectivity index (χ2n) is 2.67. The van der Waals surface area contributed by atoms with Crippen molar-refractivity contribution in [2.75, 3.05) is 12.4 Å². The van der Waals surface area contributed by atoms with E-state index in [1.54, 1.807) is 0 Å². The summed E-state index contributed by atoms with van der Waals surface area (Å²) in [6, 6.07) is 1.39. The van der Waals surface area contributed by atoms with E-state index in [4.69, 9.17) is 4.74 Å². The van der Waals surface area contributed by atoms with Crippen molar-refractivity contribution in [1.29, 1.82) is 0 Å². The predicted molar refractivity (Wildman–Crippen MR) is 49.0 cm³/mol. The third kappa shape index (κ3) is 4.03. The number of amides is 2. The Kier molecular flexibility index (Phi) is 3.54. The molecular weight excluding hydrogens is 227 g/mol. The lowest BCUT2D eigenvalue weighted by Gasteiger charge is -2.09. The smallest absolute Gasteiger partial charge is 0.481 e. The van der Waals surface area contributed by atoms with E-state index in [0.717, 1.165) is 5.32 Å². The molecule has 0 saturated heterocycles. The largest absolute Gasteiger partial charge is 0.485 e. The normalized spacial score (nSPS) is 10.8. The van der Waals surface area contributed by atoms with E-state index in [2.05, 4.69) is 4.98 Å². The molecule has 0 bridgehead atoms. The van der Waals surface area contributed by atoms with Gasteiger partial charge in [-0.1, -0.05) is 0 Å². The fourth-order valence-electron chi connectivity index (χ4n) is 0.866. The highest BCUT2D eigenvalue weighted by Crippen LogP contribution is 2.12. The van der Waals surface area contributed by atoms with Crippen LogP contribution in [-0.2, 0) is 0 Å². The molecule has 88 valence electrons. The van der Waals surface area contributed by atoms with E-state index in [1.807, 2.05) is 5.32 Å². The number of pyridine rings is 1. The lowest BCUT2D eigenvalue weighted by molar-refractivity contribution is -0.144. The molecule has 1 aromatic heterocycles. The van der Waals surface area contributed by atoms with Crippen LogP contribution in [0, 0.1) is 0 Å². The lowest BCUT2D eigenvalue weighted by atomic mass is 10.4. The number of alkyl halides is 3. The maximum atomic E-state index is 11.7. The zero-order chi connectivity index (χ0) is 12.2. The van der Waals surface area contributed by atoms with Gasteiger partial charge >= 0.3 is 12.3 Å². The van der Waals surface area contributed by atoms with Gasteiger partial charge < -0.3 is 10.1 Å². The van der Waals surface area contributed by atoms with E-state index >= 15 is 0 Å². The Morgan fingerprint density at radius 2 is 2.12 bits per heavy atom. The van der Waals surface area contributed by atoms with Crippen molar-refractivity contribution in [2.45, 2.75) is 6.30 Å². The maximum absolute atomic E-state index is 11.7. The molecule has 8 heteroatoms. The first kappa shape index (κ1) is 12.1. The first-order chi connectivity index (χ1) is 7.40. The van der Waals surface area contributed by atoms with Crippen LogP contribution in [0.1, 0.15) is 0 Å². The quantitative estimate of drug-likeness (QED) is 0.767. The molecule has 0 radical (unpaired) electrons. The highest BCUT2D eigenvalue weighted by Gasteiger charge is 2.29. The molecule has 0 unspecified atom stereocenters. The van der Waals surface area contributed by atoms with Gasteiger partial charge in [-0.05, 0) is 6.07 Å². The van der Waals surface area contributed by atoms with Crippen molar-refractivity contribution >= 4 is 11.7 Å². The summed E-state index contributed by atoms with van der Waals surface area (Å²) >= 11 is 0. The Labute approximate surface area is 88.6 Å². The first-order valence-electron chi connectivity index (χ1n) is 4.06. The number of carbonyl (C=O) groups is 1. The van der Waals surface area contributed by atoms with E-state index in [0.29, 0.717) is 5.88 Å². The second-order valence-corrected chi connectivity index (χ2v) is 2.67. The monoisotopic (exact) mass is 235 g/mol. The van der Waals surface area contributed by atoms with Gasteiger partial charge in [0, 0.05) is 6.07 Å². The molecule has 0 aliphatic carbocycles. The SMILES string of the molecule is COc1ccc(NC(=O)NC(F)(F)F)cn1. The Balaban J connectivity index is 2.56. The highest BCUT2D eigenvalue weighted by atomic mass is 19.4. The van der Waals surface area contributed by atoms with Crippen LogP contribution in [0.4, 0.5) is 23.7 Å². The number of nitrogens with one attached hydrogen (secondary N) is 2. The van der Waals surface area contributed by atoms with Gasteiger partial charge in [0.05, 0.1) is 19.0 Å². The van der Waals surface area contributed by atoms with Crippen LogP contribution < -0.4 is 15.4 Å². The van der Waals surface area contributed by atoms with Crippen molar-refractivity contribution in [2.24, 2.45) is 0 Å². The molecule has 1 rings (SSSR count). The summed E-state index contributed by atoms with van der Waals surface area (Å²) in [6.45, 7) is 0. The standard InChI is InChI=1S/C8H8F3N3O2/c1-16-6-3-2-5(4-12-6)13-7(15)14-8(9,10)11/h2-4H,1H3,(H2,13,14,15). The maximum Gasteiger partial charge on any atom is 0.485 e. The van der Waals surface area contributed by atoms with Crippen LogP contribution in [0.2, 0.25) is 0 Å². The van der Waals surface area contributed by atoms with Gasteiger partial charge in [-0.2, -0.15) is 13.2 Å². The number of rotatable bonds is 2. The molecule has 2 amide bonds. The van der Waals surface area contributed by atoms with Crippen molar-refractivity contribution in [3.8, 4) is 5.88 Å². The summed E-state index contributed by atoms with van der Waals surface area (Å²) in [5, 5.41) is 2.75. The number of methoxy groups -OCH3 is 1. The molecule has 0 aliphatic rings. The van der Waals surface area contributed by atoms with E-state index in [9.17, 15) is 18.0 Å². The van der Waals surface area contributed by atoms with Gasteiger partial charge in [0.25, 0.3) is 0 Å². The molecule has 0 aliphatic heterocycles. The molecule has 0 spiro atoms. The number of aromatic nitrogens is 1. The van der Waals surface area contributed by atoms with E-state index in [1.165, 1.54) is 25.4 Å².